The Labute approximate surface area is 119 Å². The highest BCUT2D eigenvalue weighted by molar-refractivity contribution is 5.99. The van der Waals surface area contributed by atoms with E-state index in [2.05, 4.69) is 10.2 Å². The SMILES string of the molecule is CCCc1[nH]nc(C(=O)N(CC)CC(=O)N(C)C)c1N. The summed E-state index contributed by atoms with van der Waals surface area (Å²) in [6, 6.07) is 0. The van der Waals surface area contributed by atoms with E-state index in [0.29, 0.717) is 12.2 Å². The molecule has 0 radical (unpaired) electrons. The molecule has 7 heteroatoms. The monoisotopic (exact) mass is 281 g/mol. The number of aryl methyl sites for hydroxylation is 1. The molecule has 1 aromatic heterocycles. The van der Waals surface area contributed by atoms with Crippen LogP contribution in [0.3, 0.4) is 0 Å². The number of H-pyrrole nitrogens is 1. The van der Waals surface area contributed by atoms with Crippen LogP contribution in [-0.4, -0.2) is 59.0 Å². The first-order valence-electron chi connectivity index (χ1n) is 6.74. The Kier molecular flexibility index (Phi) is 5.54. The van der Waals surface area contributed by atoms with Crippen molar-refractivity contribution in [2.45, 2.75) is 26.7 Å². The van der Waals surface area contributed by atoms with Gasteiger partial charge in [-0.1, -0.05) is 13.3 Å². The van der Waals surface area contributed by atoms with Crippen molar-refractivity contribution < 1.29 is 9.59 Å². The lowest BCUT2D eigenvalue weighted by atomic mass is 10.2. The van der Waals surface area contributed by atoms with Crippen molar-refractivity contribution in [2.24, 2.45) is 0 Å². The second-order valence-electron chi connectivity index (χ2n) is 4.82. The maximum Gasteiger partial charge on any atom is 0.276 e. The predicted molar refractivity (Wildman–Crippen MR) is 77.3 cm³/mol. The zero-order valence-corrected chi connectivity index (χ0v) is 12.6. The summed E-state index contributed by atoms with van der Waals surface area (Å²) in [5.41, 5.74) is 7.28. The molecule has 0 aliphatic rings. The lowest BCUT2D eigenvalue weighted by molar-refractivity contribution is -0.129. The van der Waals surface area contributed by atoms with Crippen LogP contribution < -0.4 is 5.73 Å². The van der Waals surface area contributed by atoms with Crippen molar-refractivity contribution in [3.05, 3.63) is 11.4 Å². The molecule has 1 rings (SSSR count). The minimum Gasteiger partial charge on any atom is -0.395 e. The van der Waals surface area contributed by atoms with E-state index in [1.165, 1.54) is 9.80 Å². The van der Waals surface area contributed by atoms with Crippen LogP contribution in [0.2, 0.25) is 0 Å². The van der Waals surface area contributed by atoms with Crippen molar-refractivity contribution in [3.8, 4) is 0 Å². The number of aromatic amines is 1. The molecule has 0 atom stereocenters. The summed E-state index contributed by atoms with van der Waals surface area (Å²) in [7, 11) is 3.31. The van der Waals surface area contributed by atoms with Gasteiger partial charge in [0.15, 0.2) is 5.69 Å². The van der Waals surface area contributed by atoms with Crippen molar-refractivity contribution in [1.29, 1.82) is 0 Å². The summed E-state index contributed by atoms with van der Waals surface area (Å²) in [6.07, 6.45) is 1.66. The van der Waals surface area contributed by atoms with Crippen molar-refractivity contribution in [3.63, 3.8) is 0 Å². The van der Waals surface area contributed by atoms with E-state index < -0.39 is 0 Å². The molecular formula is C13H23N5O2. The predicted octanol–water partition coefficient (Wildman–Crippen LogP) is 0.495. The first kappa shape index (κ1) is 16.0. The Morgan fingerprint density at radius 1 is 1.30 bits per heavy atom. The number of hydrogen-bond donors (Lipinski definition) is 2. The third-order valence-corrected chi connectivity index (χ3v) is 3.08. The first-order valence-corrected chi connectivity index (χ1v) is 6.74. The summed E-state index contributed by atoms with van der Waals surface area (Å²) < 4.78 is 0. The molecule has 0 saturated heterocycles. The molecule has 0 unspecified atom stereocenters. The molecule has 0 aliphatic carbocycles. The topological polar surface area (TPSA) is 95.3 Å². The van der Waals surface area contributed by atoms with Crippen molar-refractivity contribution >= 4 is 17.5 Å². The Hall–Kier alpha value is -2.05. The van der Waals surface area contributed by atoms with Gasteiger partial charge in [0.1, 0.15) is 6.54 Å². The van der Waals surface area contributed by atoms with E-state index in [0.717, 1.165) is 18.5 Å². The van der Waals surface area contributed by atoms with Crippen LogP contribution >= 0.6 is 0 Å². The van der Waals surface area contributed by atoms with E-state index >= 15 is 0 Å². The van der Waals surface area contributed by atoms with Crippen LogP contribution in [0.15, 0.2) is 0 Å². The molecule has 0 aromatic carbocycles. The molecule has 1 heterocycles. The zero-order valence-electron chi connectivity index (χ0n) is 12.6. The van der Waals surface area contributed by atoms with Crippen LogP contribution in [0, 0.1) is 0 Å². The number of carbonyl (C=O) groups excluding carboxylic acids is 2. The van der Waals surface area contributed by atoms with Gasteiger partial charge in [-0.3, -0.25) is 14.7 Å². The Morgan fingerprint density at radius 2 is 1.95 bits per heavy atom. The number of anilines is 1. The molecule has 0 saturated carbocycles. The number of hydrogen-bond acceptors (Lipinski definition) is 4. The van der Waals surface area contributed by atoms with Gasteiger partial charge in [0.25, 0.3) is 5.91 Å². The van der Waals surface area contributed by atoms with Crippen LogP contribution in [-0.2, 0) is 11.2 Å². The van der Waals surface area contributed by atoms with Gasteiger partial charge < -0.3 is 15.5 Å². The van der Waals surface area contributed by atoms with E-state index in [9.17, 15) is 9.59 Å². The van der Waals surface area contributed by atoms with Gasteiger partial charge in [0, 0.05) is 20.6 Å². The van der Waals surface area contributed by atoms with Crippen LogP contribution in [0.1, 0.15) is 36.5 Å². The number of aromatic nitrogens is 2. The average Bonchev–Trinajstić information content (AvgIpc) is 2.77. The van der Waals surface area contributed by atoms with E-state index in [4.69, 9.17) is 5.73 Å². The highest BCUT2D eigenvalue weighted by atomic mass is 16.2. The number of amides is 2. The van der Waals surface area contributed by atoms with Crippen LogP contribution in [0.25, 0.3) is 0 Å². The van der Waals surface area contributed by atoms with Crippen molar-refractivity contribution in [1.82, 2.24) is 20.0 Å². The van der Waals surface area contributed by atoms with E-state index in [1.54, 1.807) is 14.1 Å². The van der Waals surface area contributed by atoms with Gasteiger partial charge in [0.2, 0.25) is 5.91 Å². The molecular weight excluding hydrogens is 258 g/mol. The van der Waals surface area contributed by atoms with Crippen LogP contribution in [0.4, 0.5) is 5.69 Å². The standard InChI is InChI=1S/C13H23N5O2/c1-5-7-9-11(14)12(16-15-9)13(20)18(6-2)8-10(19)17(3)4/h5-8,14H2,1-4H3,(H,15,16). The third kappa shape index (κ3) is 3.49. The summed E-state index contributed by atoms with van der Waals surface area (Å²) in [5, 5.41) is 6.78. The molecule has 1 aromatic rings. The minimum absolute atomic E-state index is 0.0255. The molecule has 2 amide bonds. The number of rotatable bonds is 6. The molecule has 0 fully saturated rings. The van der Waals surface area contributed by atoms with Gasteiger partial charge >= 0.3 is 0 Å². The fourth-order valence-corrected chi connectivity index (χ4v) is 1.77. The third-order valence-electron chi connectivity index (χ3n) is 3.08. The molecule has 112 valence electrons. The van der Waals surface area contributed by atoms with Gasteiger partial charge in [-0.2, -0.15) is 5.10 Å². The fraction of sp³-hybridized carbons (Fsp3) is 0.615. The number of nitrogens with one attached hydrogen (secondary N) is 1. The highest BCUT2D eigenvalue weighted by Crippen LogP contribution is 2.17. The summed E-state index contributed by atoms with van der Waals surface area (Å²) in [6.45, 7) is 4.29. The minimum atomic E-state index is -0.321. The second kappa shape index (κ2) is 6.93. The summed E-state index contributed by atoms with van der Waals surface area (Å²) in [5.74, 6) is -0.457. The van der Waals surface area contributed by atoms with Gasteiger partial charge in [0.05, 0.1) is 11.4 Å². The number of nitrogens with two attached hydrogens (primary N) is 1. The summed E-state index contributed by atoms with van der Waals surface area (Å²) in [4.78, 5) is 27.0. The lowest BCUT2D eigenvalue weighted by Gasteiger charge is -2.21. The fourth-order valence-electron chi connectivity index (χ4n) is 1.77. The second-order valence-corrected chi connectivity index (χ2v) is 4.82. The van der Waals surface area contributed by atoms with Gasteiger partial charge in [-0.25, -0.2) is 0 Å². The Bertz CT molecular complexity index is 481. The Balaban J connectivity index is 2.88. The summed E-state index contributed by atoms with van der Waals surface area (Å²) >= 11 is 0. The molecule has 0 spiro atoms. The Morgan fingerprint density at radius 3 is 2.45 bits per heavy atom. The molecule has 7 nitrogen and oxygen atoms in total. The number of likely N-dealkylation sites (N-methyl/N-ethyl adjacent to an activating group) is 2. The van der Waals surface area contributed by atoms with Gasteiger partial charge in [-0.05, 0) is 13.3 Å². The quantitative estimate of drug-likeness (QED) is 0.793. The molecule has 3 N–H and O–H groups in total. The lowest BCUT2D eigenvalue weighted by Crippen LogP contribution is -2.40. The molecule has 0 bridgehead atoms. The first-order chi connectivity index (χ1) is 9.42. The largest absolute Gasteiger partial charge is 0.395 e. The van der Waals surface area contributed by atoms with Crippen molar-refractivity contribution in [2.75, 3.05) is 32.9 Å². The normalized spacial score (nSPS) is 10.4. The molecule has 20 heavy (non-hydrogen) atoms. The van der Waals surface area contributed by atoms with Crippen LogP contribution in [0.5, 0.6) is 0 Å². The molecule has 0 aliphatic heterocycles. The number of nitrogens with zero attached hydrogens (tertiary/aromatic N) is 3. The smallest absolute Gasteiger partial charge is 0.276 e. The van der Waals surface area contributed by atoms with E-state index in [-0.39, 0.29) is 24.1 Å². The highest BCUT2D eigenvalue weighted by Gasteiger charge is 2.23. The zero-order chi connectivity index (χ0) is 15.3. The average molecular weight is 281 g/mol. The number of nitrogen functional groups attached to an aromatic ring is 1. The van der Waals surface area contributed by atoms with Gasteiger partial charge in [-0.15, -0.1) is 0 Å². The maximum atomic E-state index is 12.4. The van der Waals surface area contributed by atoms with E-state index in [1.807, 2.05) is 13.8 Å². The number of carbonyl (C=O) groups is 2. The maximum absolute atomic E-state index is 12.4.